The highest BCUT2D eigenvalue weighted by molar-refractivity contribution is 6.38. The number of aryl methyl sites for hydroxylation is 1. The Labute approximate surface area is 513 Å². The lowest BCUT2D eigenvalue weighted by Crippen LogP contribution is -2.61. The smallest absolute Gasteiger partial charge is 0.305 e. The van der Waals surface area contributed by atoms with Crippen LogP contribution in [0.3, 0.4) is 0 Å². The minimum Gasteiger partial charge on any atom is -0.481 e. The number of carbonyl (C=O) groups is 16. The van der Waals surface area contributed by atoms with Crippen molar-refractivity contribution in [1.82, 2.24) is 58.1 Å². The minimum absolute atomic E-state index is 0.00497. The van der Waals surface area contributed by atoms with Crippen LogP contribution >= 0.6 is 0 Å². The summed E-state index contributed by atoms with van der Waals surface area (Å²) >= 11 is 0. The van der Waals surface area contributed by atoms with E-state index in [9.17, 15) is 92.0 Å². The van der Waals surface area contributed by atoms with Crippen molar-refractivity contribution in [3.05, 3.63) is 35.4 Å². The van der Waals surface area contributed by atoms with Crippen LogP contribution < -0.4 is 58.9 Å². The van der Waals surface area contributed by atoms with Gasteiger partial charge in [-0.2, -0.15) is 0 Å². The van der Waals surface area contributed by atoms with E-state index >= 15 is 0 Å². The number of ketones is 1. The number of carboxylic acids is 3. The SMILES string of the molecule is CCC[C@H](NC(=O)[C@@H]1CCCN1C(=O)[C@@H](NC(=O)[C@@H](NC(=O)[C@H](CCC(=O)O)NC(=O)[C@H](CCC(=O)O)NC(C)=O)C(C)C)C(C)C)C(=O)C(=O)NCC(=O)N[C@H](C(=O)N[C@H](CC(=O)O)C(=O)N[C@@H](Cc1ccc(C)cc1)C(=O)N[C@@H](CC)C(N)=O)C(C)O. The fourth-order valence-electron chi connectivity index (χ4n) is 9.21. The van der Waals surface area contributed by atoms with Crippen molar-refractivity contribution in [3.8, 4) is 0 Å². The molecule has 1 aromatic rings. The highest BCUT2D eigenvalue weighted by Crippen LogP contribution is 2.22. The van der Waals surface area contributed by atoms with Gasteiger partial charge in [0.2, 0.25) is 70.8 Å². The van der Waals surface area contributed by atoms with E-state index in [2.05, 4.69) is 53.2 Å². The molecule has 32 nitrogen and oxygen atoms in total. The minimum atomic E-state index is -1.92. The average Bonchev–Trinajstić information content (AvgIpc) is 3.48. The summed E-state index contributed by atoms with van der Waals surface area (Å²) in [6.07, 6.45) is -4.45. The summed E-state index contributed by atoms with van der Waals surface area (Å²) in [7, 11) is 0. The van der Waals surface area contributed by atoms with E-state index in [0.717, 1.165) is 19.4 Å². The van der Waals surface area contributed by atoms with Gasteiger partial charge >= 0.3 is 17.9 Å². The number of nitrogens with zero attached hydrogens (tertiary/aromatic N) is 1. The first-order valence-corrected chi connectivity index (χ1v) is 29.1. The van der Waals surface area contributed by atoms with Crippen molar-refractivity contribution in [3.63, 3.8) is 0 Å². The Morgan fingerprint density at radius 2 is 1.07 bits per heavy atom. The van der Waals surface area contributed by atoms with Crippen molar-refractivity contribution in [1.29, 1.82) is 0 Å². The molecule has 0 aromatic heterocycles. The standard InChI is InChI=1S/C57H86N12O20/c1-10-13-34(47(79)56(88)59-26-40(72)66-46(30(8)70)55(87)65-38(25-43(77)78)52(84)64-37(24-32-17-15-29(7)16-18-32)51(83)61-33(11-2)48(58)80)62-53(85)39-14-12-23-69(39)57(89)45(28(5)6)68-54(86)44(27(3)4)67-50(82)36(20-22-42(75)76)63-49(81)35(60-31(9)71)19-21-41(73)74/h15-18,27-28,30,33-39,44-46,70H,10-14,19-26H2,1-9H3,(H2,58,80)(H,59,88)(H,60,71)(H,61,83)(H,62,85)(H,63,81)(H,64,84)(H,65,87)(H,66,72)(H,67,82)(H,68,86)(H,73,74)(H,75,76)(H,77,78)/t30?,33-,34-,35-,36-,37-,38+,39-,44-,45-,46-/m0/s1. The fourth-order valence-corrected chi connectivity index (χ4v) is 9.21. The quantitative estimate of drug-likeness (QED) is 0.0282. The van der Waals surface area contributed by atoms with Gasteiger partial charge in [0.05, 0.1) is 25.1 Å². The number of hydrogen-bond donors (Lipinski definition) is 15. The van der Waals surface area contributed by atoms with E-state index in [-0.39, 0.29) is 51.5 Å². The number of benzene rings is 1. The van der Waals surface area contributed by atoms with Gasteiger partial charge < -0.3 is 84.2 Å². The van der Waals surface area contributed by atoms with E-state index in [4.69, 9.17) is 10.8 Å². The highest BCUT2D eigenvalue weighted by Gasteiger charge is 2.42. The van der Waals surface area contributed by atoms with Gasteiger partial charge in [-0.15, -0.1) is 0 Å². The Morgan fingerprint density at radius 1 is 0.573 bits per heavy atom. The van der Waals surface area contributed by atoms with Crippen LogP contribution in [0.15, 0.2) is 24.3 Å². The molecule has 1 aromatic carbocycles. The normalized spacial score (nSPS) is 16.1. The van der Waals surface area contributed by atoms with E-state index in [0.29, 0.717) is 5.56 Å². The van der Waals surface area contributed by atoms with Gasteiger partial charge in [-0.3, -0.25) is 76.7 Å². The molecule has 11 atom stereocenters. The van der Waals surface area contributed by atoms with Crippen LogP contribution in [0.25, 0.3) is 0 Å². The summed E-state index contributed by atoms with van der Waals surface area (Å²) in [5, 5.41) is 62.2. The van der Waals surface area contributed by atoms with E-state index < -0.39 is 205 Å². The monoisotopic (exact) mass is 1260 g/mol. The number of Topliss-reactive ketones (excluding diaryl/α,β-unsaturated/α-hetero) is 1. The van der Waals surface area contributed by atoms with Gasteiger partial charge in [0.1, 0.15) is 54.4 Å². The van der Waals surface area contributed by atoms with Gasteiger partial charge in [-0.05, 0) is 69.8 Å². The van der Waals surface area contributed by atoms with Crippen LogP contribution in [0, 0.1) is 18.8 Å². The summed E-state index contributed by atoms with van der Waals surface area (Å²) < 4.78 is 0. The summed E-state index contributed by atoms with van der Waals surface area (Å²) in [5.74, 6) is -18.8. The second kappa shape index (κ2) is 36.9. The molecule has 1 aliphatic rings. The van der Waals surface area contributed by atoms with Crippen molar-refractivity contribution < 1.29 is 97.1 Å². The summed E-state index contributed by atoms with van der Waals surface area (Å²) in [4.78, 5) is 210. The molecule has 0 spiro atoms. The molecule has 0 radical (unpaired) electrons. The number of hydrogen-bond acceptors (Lipinski definition) is 17. The maximum absolute atomic E-state index is 14.3. The molecular weight excluding hydrogens is 1170 g/mol. The first-order chi connectivity index (χ1) is 41.6. The number of carbonyl (C=O) groups excluding carboxylic acids is 13. The molecule has 16 N–H and O–H groups in total. The Bertz CT molecular complexity index is 2760. The largest absolute Gasteiger partial charge is 0.481 e. The summed E-state index contributed by atoms with van der Waals surface area (Å²) in [5.41, 5.74) is 6.82. The molecule has 1 aliphatic heterocycles. The van der Waals surface area contributed by atoms with Gasteiger partial charge in [-0.25, -0.2) is 0 Å². The van der Waals surface area contributed by atoms with E-state index in [1.165, 1.54) is 4.90 Å². The first kappa shape index (κ1) is 76.0. The third-order valence-corrected chi connectivity index (χ3v) is 14.1. The number of aliphatic carboxylic acids is 3. The lowest BCUT2D eigenvalue weighted by Gasteiger charge is -2.33. The first-order valence-electron chi connectivity index (χ1n) is 29.1. The molecule has 1 unspecified atom stereocenters. The molecule has 1 fully saturated rings. The summed E-state index contributed by atoms with van der Waals surface area (Å²) in [6, 6.07) is -8.14. The third-order valence-electron chi connectivity index (χ3n) is 14.1. The second-order valence-corrected chi connectivity index (χ2v) is 22.3. The Hall–Kier alpha value is -9.10. The molecule has 0 saturated carbocycles. The number of rotatable bonds is 38. The lowest BCUT2D eigenvalue weighted by atomic mass is 9.98. The Kier molecular flexibility index (Phi) is 31.5. The third kappa shape index (κ3) is 25.6. The zero-order chi connectivity index (χ0) is 67.6. The molecule has 32 heteroatoms. The Balaban J connectivity index is 2.23. The van der Waals surface area contributed by atoms with Crippen molar-refractivity contribution in [2.45, 2.75) is 199 Å². The molecule has 494 valence electrons. The van der Waals surface area contributed by atoms with Crippen LogP contribution in [0.2, 0.25) is 0 Å². The highest BCUT2D eigenvalue weighted by atomic mass is 16.4. The molecular formula is C57H86N12O20. The predicted molar refractivity (Wildman–Crippen MR) is 312 cm³/mol. The fraction of sp³-hybridized carbons (Fsp3) is 0.614. The van der Waals surface area contributed by atoms with Crippen LogP contribution in [-0.4, -0.2) is 200 Å². The van der Waals surface area contributed by atoms with Gasteiger partial charge in [-0.1, -0.05) is 77.8 Å². The zero-order valence-electron chi connectivity index (χ0n) is 51.4. The molecule has 0 aliphatic carbocycles. The van der Waals surface area contributed by atoms with E-state index in [1.54, 1.807) is 65.8 Å². The number of primary amides is 1. The van der Waals surface area contributed by atoms with Crippen molar-refractivity contribution in [2.75, 3.05) is 13.1 Å². The lowest BCUT2D eigenvalue weighted by molar-refractivity contribution is -0.144. The van der Waals surface area contributed by atoms with Gasteiger partial charge in [0.15, 0.2) is 0 Å². The van der Waals surface area contributed by atoms with E-state index in [1.807, 2.05) is 6.92 Å². The molecule has 2 rings (SSSR count). The summed E-state index contributed by atoms with van der Waals surface area (Å²) in [6.45, 7) is 12.4. The molecule has 12 amide bonds. The van der Waals surface area contributed by atoms with Crippen LogP contribution in [-0.2, 0) is 83.1 Å². The number of carboxylic acid groups (broad SMARTS) is 3. The maximum atomic E-state index is 14.3. The molecule has 89 heavy (non-hydrogen) atoms. The topological polar surface area (TPSA) is 504 Å². The van der Waals surface area contributed by atoms with Crippen molar-refractivity contribution >= 4 is 94.6 Å². The number of aliphatic hydroxyl groups excluding tert-OH is 1. The predicted octanol–water partition coefficient (Wildman–Crippen LogP) is -3.81. The van der Waals surface area contributed by atoms with Crippen LogP contribution in [0.5, 0.6) is 0 Å². The molecule has 0 bridgehead atoms. The molecule has 1 heterocycles. The zero-order valence-corrected chi connectivity index (χ0v) is 51.4. The number of nitrogens with one attached hydrogen (secondary N) is 10. The number of nitrogens with two attached hydrogens (primary N) is 1. The number of amides is 12. The maximum Gasteiger partial charge on any atom is 0.305 e. The van der Waals surface area contributed by atoms with Crippen LogP contribution in [0.1, 0.15) is 131 Å². The molecule has 1 saturated heterocycles. The van der Waals surface area contributed by atoms with Crippen LogP contribution in [0.4, 0.5) is 0 Å². The van der Waals surface area contributed by atoms with Gasteiger partial charge in [0, 0.05) is 32.7 Å². The van der Waals surface area contributed by atoms with Crippen molar-refractivity contribution in [2.24, 2.45) is 17.6 Å². The van der Waals surface area contributed by atoms with Gasteiger partial charge in [0.25, 0.3) is 5.91 Å². The number of likely N-dealkylation sites (tertiary alicyclic amines) is 1. The second-order valence-electron chi connectivity index (χ2n) is 22.3. The Morgan fingerprint density at radius 3 is 1.57 bits per heavy atom. The average molecular weight is 1260 g/mol. The number of aliphatic hydroxyl groups is 1.